The molecule has 0 spiro atoms. The van der Waals surface area contributed by atoms with E-state index in [0.29, 0.717) is 0 Å². The molecule has 0 saturated heterocycles. The van der Waals surface area contributed by atoms with Gasteiger partial charge in [-0.1, -0.05) is 21.1 Å². The van der Waals surface area contributed by atoms with Crippen molar-refractivity contribution in [1.29, 1.82) is 0 Å². The smallest absolute Gasteiger partial charge is 0.0760 e. The summed E-state index contributed by atoms with van der Waals surface area (Å²) in [6.45, 7) is 0. The monoisotopic (exact) mass is 200 g/mol. The molecule has 0 saturated carbocycles. The van der Waals surface area contributed by atoms with Crippen LogP contribution in [-0.2, 0) is 0 Å². The van der Waals surface area contributed by atoms with Crippen molar-refractivity contribution in [3.63, 3.8) is 0 Å². The summed E-state index contributed by atoms with van der Waals surface area (Å²) in [6.07, 6.45) is 4.57. The number of oxime groups is 1. The van der Waals surface area contributed by atoms with E-state index in [1.54, 1.807) is 18.5 Å². The zero-order valence-electron chi connectivity index (χ0n) is 5.03. The molecule has 1 aromatic heterocycles. The normalized spacial score (nSPS) is 10.5. The van der Waals surface area contributed by atoms with Crippen molar-refractivity contribution in [3.05, 3.63) is 28.5 Å². The van der Waals surface area contributed by atoms with Gasteiger partial charge in [-0.2, -0.15) is 0 Å². The van der Waals surface area contributed by atoms with Crippen LogP contribution >= 0.6 is 15.9 Å². The van der Waals surface area contributed by atoms with Crippen LogP contribution in [0.5, 0.6) is 0 Å². The number of halogens is 1. The van der Waals surface area contributed by atoms with Gasteiger partial charge in [-0.25, -0.2) is 0 Å². The number of nitrogens with zero attached hydrogens (tertiary/aromatic N) is 2. The summed E-state index contributed by atoms with van der Waals surface area (Å²) >= 11 is 3.25. The van der Waals surface area contributed by atoms with Crippen LogP contribution in [0.2, 0.25) is 0 Å². The predicted octanol–water partition coefficient (Wildman–Crippen LogP) is 1.65. The fraction of sp³-hybridized carbons (Fsp3) is 0. The number of rotatable bonds is 1. The molecule has 4 heteroatoms. The largest absolute Gasteiger partial charge is 0.411 e. The van der Waals surface area contributed by atoms with Gasteiger partial charge in [-0.05, 0) is 6.07 Å². The van der Waals surface area contributed by atoms with Crippen molar-refractivity contribution in [1.82, 2.24) is 4.98 Å². The van der Waals surface area contributed by atoms with Gasteiger partial charge >= 0.3 is 0 Å². The lowest BCUT2D eigenvalue weighted by Gasteiger charge is -1.92. The van der Waals surface area contributed by atoms with Gasteiger partial charge in [0, 0.05) is 22.4 Å². The summed E-state index contributed by atoms with van der Waals surface area (Å²) in [5.41, 5.74) is 0.755. The van der Waals surface area contributed by atoms with Crippen LogP contribution in [0.25, 0.3) is 0 Å². The standard InChI is InChI=1S/C6H5BrN2O/c7-6-1-2-8-3-5(6)4-9-10/h1-4,10H. The van der Waals surface area contributed by atoms with Crippen LogP contribution in [0.15, 0.2) is 28.1 Å². The van der Waals surface area contributed by atoms with Crippen molar-refractivity contribution < 1.29 is 5.21 Å². The lowest BCUT2D eigenvalue weighted by Crippen LogP contribution is -1.83. The molecule has 0 aliphatic rings. The molecule has 52 valence electrons. The van der Waals surface area contributed by atoms with Gasteiger partial charge in [0.2, 0.25) is 0 Å². The Hall–Kier alpha value is -0.900. The molecule has 1 heterocycles. The first kappa shape index (κ1) is 7.21. The van der Waals surface area contributed by atoms with E-state index >= 15 is 0 Å². The Bertz CT molecular complexity index is 249. The molecule has 0 fully saturated rings. The van der Waals surface area contributed by atoms with Crippen LogP contribution in [0.1, 0.15) is 5.56 Å². The number of pyridine rings is 1. The third-order valence-corrected chi connectivity index (χ3v) is 1.72. The second-order valence-electron chi connectivity index (χ2n) is 1.64. The van der Waals surface area contributed by atoms with E-state index in [1.165, 1.54) is 6.21 Å². The minimum absolute atomic E-state index is 0.755. The zero-order chi connectivity index (χ0) is 7.40. The van der Waals surface area contributed by atoms with Gasteiger partial charge in [0.05, 0.1) is 6.21 Å². The minimum atomic E-state index is 0.755. The molecule has 1 rings (SSSR count). The highest BCUT2D eigenvalue weighted by molar-refractivity contribution is 9.10. The van der Waals surface area contributed by atoms with E-state index in [1.807, 2.05) is 0 Å². The molecular weight excluding hydrogens is 196 g/mol. The van der Waals surface area contributed by atoms with Crippen LogP contribution in [0.3, 0.4) is 0 Å². The maximum atomic E-state index is 8.16. The Balaban J connectivity index is 3.03. The molecule has 0 amide bonds. The second kappa shape index (κ2) is 3.31. The van der Waals surface area contributed by atoms with E-state index in [0.717, 1.165) is 10.0 Å². The fourth-order valence-corrected chi connectivity index (χ4v) is 0.870. The van der Waals surface area contributed by atoms with E-state index in [-0.39, 0.29) is 0 Å². The van der Waals surface area contributed by atoms with Crippen molar-refractivity contribution in [2.24, 2.45) is 5.16 Å². The first-order valence-corrected chi connectivity index (χ1v) is 3.41. The highest BCUT2D eigenvalue weighted by Gasteiger charge is 1.92. The molecule has 0 radical (unpaired) electrons. The fourth-order valence-electron chi connectivity index (χ4n) is 0.547. The molecule has 0 aliphatic carbocycles. The number of hydrogen-bond acceptors (Lipinski definition) is 3. The molecule has 0 unspecified atom stereocenters. The molecule has 0 aromatic carbocycles. The van der Waals surface area contributed by atoms with Gasteiger partial charge < -0.3 is 5.21 Å². The third kappa shape index (κ3) is 1.54. The molecule has 1 N–H and O–H groups in total. The number of hydrogen-bond donors (Lipinski definition) is 1. The first-order valence-electron chi connectivity index (χ1n) is 2.61. The van der Waals surface area contributed by atoms with Crippen molar-refractivity contribution in [2.45, 2.75) is 0 Å². The van der Waals surface area contributed by atoms with Gasteiger partial charge in [0.25, 0.3) is 0 Å². The summed E-state index contributed by atoms with van der Waals surface area (Å²) < 4.78 is 0.861. The zero-order valence-corrected chi connectivity index (χ0v) is 6.62. The highest BCUT2D eigenvalue weighted by Crippen LogP contribution is 2.11. The van der Waals surface area contributed by atoms with Crippen LogP contribution < -0.4 is 0 Å². The van der Waals surface area contributed by atoms with E-state index in [2.05, 4.69) is 26.1 Å². The van der Waals surface area contributed by atoms with Crippen molar-refractivity contribution in [3.8, 4) is 0 Å². The van der Waals surface area contributed by atoms with E-state index in [4.69, 9.17) is 5.21 Å². The summed E-state index contributed by atoms with van der Waals surface area (Å²) in [5.74, 6) is 0. The molecular formula is C6H5BrN2O. The lowest BCUT2D eigenvalue weighted by molar-refractivity contribution is 0.322. The summed E-state index contributed by atoms with van der Waals surface area (Å²) in [7, 11) is 0. The molecule has 0 atom stereocenters. The quantitative estimate of drug-likeness (QED) is 0.426. The maximum Gasteiger partial charge on any atom is 0.0760 e. The molecule has 0 bridgehead atoms. The topological polar surface area (TPSA) is 45.5 Å². The Morgan fingerprint density at radius 2 is 2.50 bits per heavy atom. The van der Waals surface area contributed by atoms with Crippen LogP contribution in [0.4, 0.5) is 0 Å². The van der Waals surface area contributed by atoms with Gasteiger partial charge in [0.15, 0.2) is 0 Å². The van der Waals surface area contributed by atoms with E-state index in [9.17, 15) is 0 Å². The average Bonchev–Trinajstić information content (AvgIpc) is 1.94. The van der Waals surface area contributed by atoms with Crippen molar-refractivity contribution >= 4 is 22.1 Å². The summed E-state index contributed by atoms with van der Waals surface area (Å²) in [5, 5.41) is 11.0. The average molecular weight is 201 g/mol. The molecule has 10 heavy (non-hydrogen) atoms. The number of aromatic nitrogens is 1. The highest BCUT2D eigenvalue weighted by atomic mass is 79.9. The Kier molecular flexibility index (Phi) is 2.39. The summed E-state index contributed by atoms with van der Waals surface area (Å²) in [4.78, 5) is 3.83. The SMILES string of the molecule is ON=Cc1cnccc1Br. The minimum Gasteiger partial charge on any atom is -0.411 e. The van der Waals surface area contributed by atoms with Crippen molar-refractivity contribution in [2.75, 3.05) is 0 Å². The maximum absolute atomic E-state index is 8.16. The Morgan fingerprint density at radius 3 is 3.10 bits per heavy atom. The Labute approximate surface area is 66.5 Å². The predicted molar refractivity (Wildman–Crippen MR) is 41.3 cm³/mol. The van der Waals surface area contributed by atoms with Gasteiger partial charge in [0.1, 0.15) is 0 Å². The van der Waals surface area contributed by atoms with Crippen LogP contribution in [-0.4, -0.2) is 16.4 Å². The summed E-state index contributed by atoms with van der Waals surface area (Å²) in [6, 6.07) is 1.77. The Morgan fingerprint density at radius 1 is 1.70 bits per heavy atom. The van der Waals surface area contributed by atoms with Gasteiger partial charge in [-0.15, -0.1) is 0 Å². The third-order valence-electron chi connectivity index (χ3n) is 0.993. The molecule has 3 nitrogen and oxygen atoms in total. The van der Waals surface area contributed by atoms with Gasteiger partial charge in [-0.3, -0.25) is 4.98 Å². The lowest BCUT2D eigenvalue weighted by atomic mass is 10.3. The van der Waals surface area contributed by atoms with E-state index < -0.39 is 0 Å². The molecule has 1 aromatic rings. The molecule has 0 aliphatic heterocycles. The second-order valence-corrected chi connectivity index (χ2v) is 2.50. The van der Waals surface area contributed by atoms with Crippen LogP contribution in [0, 0.1) is 0 Å². The first-order chi connectivity index (χ1) is 4.84.